The van der Waals surface area contributed by atoms with Gasteiger partial charge in [-0.05, 0) is 23.6 Å². The zero-order valence-corrected chi connectivity index (χ0v) is 14.2. The lowest BCUT2D eigenvalue weighted by molar-refractivity contribution is -0.141. The van der Waals surface area contributed by atoms with E-state index in [0.717, 1.165) is 29.7 Å². The number of H-pyrrole nitrogens is 1. The Balaban J connectivity index is 1.86. The van der Waals surface area contributed by atoms with Crippen LogP contribution in [0.15, 0.2) is 35.8 Å². The van der Waals surface area contributed by atoms with Gasteiger partial charge in [0.2, 0.25) is 0 Å². The molecule has 0 unspecified atom stereocenters. The van der Waals surface area contributed by atoms with Crippen LogP contribution in [0.1, 0.15) is 11.4 Å². The number of aromatic nitrogens is 5. The number of rotatable bonds is 2. The molecule has 0 saturated carbocycles. The summed E-state index contributed by atoms with van der Waals surface area (Å²) in [5.41, 5.74) is -2.96. The molecule has 0 amide bonds. The van der Waals surface area contributed by atoms with Crippen LogP contribution in [-0.4, -0.2) is 24.9 Å². The molecule has 0 aliphatic carbocycles. The van der Waals surface area contributed by atoms with E-state index in [2.05, 4.69) is 24.9 Å². The molecule has 4 rings (SSSR count). The summed E-state index contributed by atoms with van der Waals surface area (Å²) in [6.07, 6.45) is -8.53. The molecule has 0 radical (unpaired) electrons. The summed E-state index contributed by atoms with van der Waals surface area (Å²) in [7, 11) is 0. The molecule has 0 atom stereocenters. The highest BCUT2D eigenvalue weighted by atomic mass is 32.1. The van der Waals surface area contributed by atoms with Crippen molar-refractivity contribution >= 4 is 22.5 Å². The fourth-order valence-corrected chi connectivity index (χ4v) is 3.11. The Morgan fingerprint density at radius 1 is 0.893 bits per heavy atom. The van der Waals surface area contributed by atoms with Gasteiger partial charge in [-0.3, -0.25) is 4.98 Å². The van der Waals surface area contributed by atoms with Crippen LogP contribution < -0.4 is 0 Å². The van der Waals surface area contributed by atoms with E-state index in [-0.39, 0.29) is 22.9 Å². The van der Waals surface area contributed by atoms with Crippen LogP contribution in [0.2, 0.25) is 0 Å². The molecule has 0 aromatic carbocycles. The van der Waals surface area contributed by atoms with Crippen LogP contribution in [0.5, 0.6) is 0 Å². The maximum absolute atomic E-state index is 13.5. The van der Waals surface area contributed by atoms with Gasteiger partial charge in [-0.1, -0.05) is 6.07 Å². The lowest BCUT2D eigenvalue weighted by Gasteiger charge is -2.07. The third-order valence-corrected chi connectivity index (χ3v) is 4.55. The molecule has 0 bridgehead atoms. The fourth-order valence-electron chi connectivity index (χ4n) is 2.46. The number of thiophene rings is 1. The van der Waals surface area contributed by atoms with E-state index in [1.165, 1.54) is 0 Å². The van der Waals surface area contributed by atoms with Crippen molar-refractivity contribution in [2.45, 2.75) is 12.4 Å². The number of aromatic amines is 1. The van der Waals surface area contributed by atoms with E-state index >= 15 is 0 Å². The second-order valence-electron chi connectivity index (χ2n) is 5.58. The van der Waals surface area contributed by atoms with Crippen molar-refractivity contribution in [1.29, 1.82) is 0 Å². The molecule has 5 nitrogen and oxygen atoms in total. The SMILES string of the molecule is FC(F)(F)c1ccc(-c2nc3nc(-c4cccs4)nc(C(F)(F)F)c3[nH]2)cn1. The Labute approximate surface area is 156 Å². The van der Waals surface area contributed by atoms with Gasteiger partial charge in [-0.2, -0.15) is 26.3 Å². The molecule has 144 valence electrons. The fraction of sp³-hybridized carbons (Fsp3) is 0.125. The Hall–Kier alpha value is -3.02. The predicted octanol–water partition coefficient (Wildman–Crippen LogP) is 5.18. The highest BCUT2D eigenvalue weighted by molar-refractivity contribution is 7.13. The number of nitrogens with zero attached hydrogens (tertiary/aromatic N) is 4. The Bertz CT molecular complexity index is 1130. The minimum atomic E-state index is -4.78. The number of hydrogen-bond donors (Lipinski definition) is 1. The molecule has 4 aromatic rings. The molecule has 0 aliphatic heterocycles. The average molecular weight is 415 g/mol. The van der Waals surface area contributed by atoms with Crippen molar-refractivity contribution in [3.8, 4) is 22.1 Å². The first-order valence-corrected chi connectivity index (χ1v) is 8.43. The molecule has 0 fully saturated rings. The van der Waals surface area contributed by atoms with Gasteiger partial charge < -0.3 is 4.98 Å². The van der Waals surface area contributed by atoms with E-state index in [1.807, 2.05) is 0 Å². The van der Waals surface area contributed by atoms with E-state index < -0.39 is 29.3 Å². The summed E-state index contributed by atoms with van der Waals surface area (Å²) in [4.78, 5) is 17.8. The molecule has 4 heterocycles. The highest BCUT2D eigenvalue weighted by Gasteiger charge is 2.37. The van der Waals surface area contributed by atoms with Gasteiger partial charge in [0.05, 0.1) is 4.88 Å². The van der Waals surface area contributed by atoms with Gasteiger partial charge in [0.15, 0.2) is 17.2 Å². The second-order valence-corrected chi connectivity index (χ2v) is 6.53. The van der Waals surface area contributed by atoms with Crippen molar-refractivity contribution in [3.63, 3.8) is 0 Å². The van der Waals surface area contributed by atoms with Crippen molar-refractivity contribution in [2.24, 2.45) is 0 Å². The highest BCUT2D eigenvalue weighted by Crippen LogP contribution is 2.35. The maximum atomic E-state index is 13.5. The zero-order valence-electron chi connectivity index (χ0n) is 13.4. The number of fused-ring (bicyclic) bond motifs is 1. The Morgan fingerprint density at radius 3 is 2.25 bits per heavy atom. The predicted molar refractivity (Wildman–Crippen MR) is 88.2 cm³/mol. The van der Waals surface area contributed by atoms with Crippen molar-refractivity contribution in [3.05, 3.63) is 47.2 Å². The summed E-state index contributed by atoms with van der Waals surface area (Å²) in [5, 5.41) is 1.67. The van der Waals surface area contributed by atoms with Crippen molar-refractivity contribution in [1.82, 2.24) is 24.9 Å². The molecule has 0 saturated heterocycles. The van der Waals surface area contributed by atoms with Crippen molar-refractivity contribution in [2.75, 3.05) is 0 Å². The van der Waals surface area contributed by atoms with Gasteiger partial charge in [0, 0.05) is 11.8 Å². The summed E-state index contributed by atoms with van der Waals surface area (Å²) in [6, 6.07) is 4.99. The summed E-state index contributed by atoms with van der Waals surface area (Å²) < 4.78 is 78.3. The standard InChI is InChI=1S/C16H7F6N5S/c17-15(18,19)9-4-3-7(6-23-9)12-24-10-11(16(20,21)22)25-13(27-14(10)26-12)8-2-1-5-28-8/h1-6H,(H,24,25,26,27). The van der Waals surface area contributed by atoms with E-state index in [0.29, 0.717) is 4.88 Å². The van der Waals surface area contributed by atoms with Crippen molar-refractivity contribution < 1.29 is 26.3 Å². The lowest BCUT2D eigenvalue weighted by Crippen LogP contribution is -2.10. The number of pyridine rings is 1. The van der Waals surface area contributed by atoms with E-state index in [4.69, 9.17) is 0 Å². The number of imidazole rings is 1. The molecule has 0 spiro atoms. The van der Waals surface area contributed by atoms with E-state index in [1.54, 1.807) is 17.5 Å². The molecule has 28 heavy (non-hydrogen) atoms. The maximum Gasteiger partial charge on any atom is 0.435 e. The Morgan fingerprint density at radius 2 is 1.68 bits per heavy atom. The molecule has 0 aliphatic rings. The Kier molecular flexibility index (Phi) is 4.10. The lowest BCUT2D eigenvalue weighted by atomic mass is 10.2. The topological polar surface area (TPSA) is 67.3 Å². The first kappa shape index (κ1) is 18.3. The number of nitrogens with one attached hydrogen (secondary N) is 1. The van der Waals surface area contributed by atoms with Crippen LogP contribution in [0.3, 0.4) is 0 Å². The quantitative estimate of drug-likeness (QED) is 0.458. The minimum Gasteiger partial charge on any atom is -0.335 e. The van der Waals surface area contributed by atoms with Gasteiger partial charge in [0.1, 0.15) is 17.0 Å². The largest absolute Gasteiger partial charge is 0.435 e. The molecule has 1 N–H and O–H groups in total. The smallest absolute Gasteiger partial charge is 0.335 e. The normalized spacial score (nSPS) is 12.6. The summed E-state index contributed by atoms with van der Waals surface area (Å²) in [6.45, 7) is 0. The molecular weight excluding hydrogens is 408 g/mol. The third kappa shape index (κ3) is 3.30. The minimum absolute atomic E-state index is 0.0804. The summed E-state index contributed by atoms with van der Waals surface area (Å²) >= 11 is 1.16. The first-order valence-electron chi connectivity index (χ1n) is 7.55. The average Bonchev–Trinajstić information content (AvgIpc) is 3.28. The van der Waals surface area contributed by atoms with Gasteiger partial charge in [-0.25, -0.2) is 15.0 Å². The van der Waals surface area contributed by atoms with Crippen LogP contribution in [0, 0.1) is 0 Å². The monoisotopic (exact) mass is 415 g/mol. The third-order valence-electron chi connectivity index (χ3n) is 3.69. The first-order chi connectivity index (χ1) is 13.1. The molecular formula is C16H7F6N5S. The zero-order chi connectivity index (χ0) is 20.1. The van der Waals surface area contributed by atoms with Gasteiger partial charge in [-0.15, -0.1) is 11.3 Å². The second kappa shape index (κ2) is 6.26. The van der Waals surface area contributed by atoms with Crippen LogP contribution in [0.4, 0.5) is 26.3 Å². The molecule has 12 heteroatoms. The molecule has 4 aromatic heterocycles. The van der Waals surface area contributed by atoms with Crippen LogP contribution >= 0.6 is 11.3 Å². The van der Waals surface area contributed by atoms with Crippen LogP contribution in [-0.2, 0) is 12.4 Å². The summed E-state index contributed by atoms with van der Waals surface area (Å²) in [5.74, 6) is -0.238. The van der Waals surface area contributed by atoms with E-state index in [9.17, 15) is 26.3 Å². The number of hydrogen-bond acceptors (Lipinski definition) is 5. The van der Waals surface area contributed by atoms with Gasteiger partial charge >= 0.3 is 12.4 Å². The number of halogens is 6. The van der Waals surface area contributed by atoms with Crippen LogP contribution in [0.25, 0.3) is 33.3 Å². The van der Waals surface area contributed by atoms with Gasteiger partial charge in [0.25, 0.3) is 0 Å². The number of alkyl halides is 6.